The number of amides is 1. The van der Waals surface area contributed by atoms with Crippen LogP contribution in [0.25, 0.3) is 0 Å². The summed E-state index contributed by atoms with van der Waals surface area (Å²) in [5.74, 6) is 0.0814. The van der Waals surface area contributed by atoms with Gasteiger partial charge in [-0.25, -0.2) is 0 Å². The van der Waals surface area contributed by atoms with Crippen LogP contribution in [-0.4, -0.2) is 40.8 Å². The molecule has 0 aliphatic heterocycles. The fourth-order valence-electron chi connectivity index (χ4n) is 1.57. The number of Topliss-reactive ketones (excluding diaryl/α,β-unsaturated/α-hetero) is 1. The third-order valence-electron chi connectivity index (χ3n) is 2.67. The monoisotopic (exact) mass is 342 g/mol. The number of primary amides is 1. The number of hydrogen-bond donors (Lipinski definition) is 2. The number of hydrogen-bond acceptors (Lipinski definition) is 4. The highest BCUT2D eigenvalue weighted by Gasteiger charge is 2.08. The summed E-state index contributed by atoms with van der Waals surface area (Å²) in [6, 6.07) is 9.22. The fourth-order valence-corrected chi connectivity index (χ4v) is 1.91. The third-order valence-corrected chi connectivity index (χ3v) is 3.05. The van der Waals surface area contributed by atoms with Crippen LogP contribution in [-0.2, 0) is 4.74 Å². The number of thiocarbonyl (C=S) groups is 1. The van der Waals surface area contributed by atoms with Gasteiger partial charge in [-0.3, -0.25) is 9.59 Å². The van der Waals surface area contributed by atoms with Crippen LogP contribution in [0, 0.1) is 0 Å². The zero-order valence-corrected chi connectivity index (χ0v) is 14.5. The van der Waals surface area contributed by atoms with Gasteiger partial charge in [0.25, 0.3) is 10.4 Å². The Balaban J connectivity index is 0.000000980. The Morgan fingerprint density at radius 2 is 1.73 bits per heavy atom. The standard InChI is InChI=1S/C14H19NO2S.CH3NOS/c1-3-15(4-2)14(18)17-11-10-13(16)12-8-6-5-7-9-12;2-1(3)4/h5-9H,3-4,10-11H2,1-2H3;(H3,2,3,4). The predicted molar refractivity (Wildman–Crippen MR) is 95.4 cm³/mol. The Labute approximate surface area is 142 Å². The molecular formula is C15H22N2O3S2. The quantitative estimate of drug-likeness (QED) is 0.472. The molecule has 0 fully saturated rings. The molecule has 0 unspecified atom stereocenters. The van der Waals surface area contributed by atoms with Crippen LogP contribution in [0.1, 0.15) is 30.6 Å². The molecule has 0 heterocycles. The molecule has 22 heavy (non-hydrogen) atoms. The van der Waals surface area contributed by atoms with Gasteiger partial charge in [-0.05, 0) is 26.1 Å². The molecule has 0 radical (unpaired) electrons. The Morgan fingerprint density at radius 3 is 2.18 bits per heavy atom. The maximum atomic E-state index is 11.8. The first kappa shape index (κ1) is 20.4. The van der Waals surface area contributed by atoms with Crippen LogP contribution in [0.2, 0.25) is 0 Å². The largest absolute Gasteiger partial charge is 0.470 e. The highest BCUT2D eigenvalue weighted by atomic mass is 32.1. The van der Waals surface area contributed by atoms with Crippen molar-refractivity contribution in [2.45, 2.75) is 20.3 Å². The lowest BCUT2D eigenvalue weighted by molar-refractivity contribution is 0.0955. The Bertz CT molecular complexity index is 473. The number of rotatable bonds is 6. The van der Waals surface area contributed by atoms with Gasteiger partial charge in [-0.2, -0.15) is 0 Å². The molecule has 0 atom stereocenters. The van der Waals surface area contributed by atoms with E-state index < -0.39 is 5.24 Å². The van der Waals surface area contributed by atoms with Gasteiger partial charge in [0, 0.05) is 25.1 Å². The molecular weight excluding hydrogens is 320 g/mol. The molecule has 7 heteroatoms. The van der Waals surface area contributed by atoms with E-state index in [2.05, 4.69) is 18.4 Å². The van der Waals surface area contributed by atoms with E-state index in [1.54, 1.807) is 0 Å². The summed E-state index contributed by atoms with van der Waals surface area (Å²) in [5, 5.41) is -0.166. The molecule has 0 aliphatic carbocycles. The average Bonchev–Trinajstić information content (AvgIpc) is 2.48. The normalized spacial score (nSPS) is 9.23. The predicted octanol–water partition coefficient (Wildman–Crippen LogP) is 2.90. The van der Waals surface area contributed by atoms with Gasteiger partial charge in [-0.1, -0.05) is 43.0 Å². The van der Waals surface area contributed by atoms with Crippen LogP contribution >= 0.6 is 24.8 Å². The van der Waals surface area contributed by atoms with Gasteiger partial charge in [0.1, 0.15) is 0 Å². The molecule has 0 saturated heterocycles. The molecule has 122 valence electrons. The van der Waals surface area contributed by atoms with Gasteiger partial charge >= 0.3 is 0 Å². The second kappa shape index (κ2) is 12.0. The van der Waals surface area contributed by atoms with E-state index in [9.17, 15) is 4.79 Å². The van der Waals surface area contributed by atoms with Crippen LogP contribution in [0.15, 0.2) is 30.3 Å². The lowest BCUT2D eigenvalue weighted by atomic mass is 10.1. The molecule has 2 N–H and O–H groups in total. The van der Waals surface area contributed by atoms with Crippen LogP contribution in [0.4, 0.5) is 4.79 Å². The summed E-state index contributed by atoms with van der Waals surface area (Å²) < 4.78 is 5.41. The van der Waals surface area contributed by atoms with E-state index >= 15 is 0 Å². The van der Waals surface area contributed by atoms with Gasteiger partial charge < -0.3 is 15.4 Å². The summed E-state index contributed by atoms with van der Waals surface area (Å²) in [5.41, 5.74) is 5.05. The number of nitrogens with zero attached hydrogens (tertiary/aromatic N) is 1. The minimum atomic E-state index is -0.639. The van der Waals surface area contributed by atoms with Crippen molar-refractivity contribution < 1.29 is 14.3 Å². The van der Waals surface area contributed by atoms with E-state index in [-0.39, 0.29) is 5.78 Å². The van der Waals surface area contributed by atoms with Crippen LogP contribution < -0.4 is 5.73 Å². The SMILES string of the molecule is CCN(CC)C(=S)OCCC(=O)c1ccccc1.NC(=O)S. The van der Waals surface area contributed by atoms with Gasteiger partial charge in [-0.15, -0.1) is 0 Å². The molecule has 5 nitrogen and oxygen atoms in total. The molecule has 1 aromatic carbocycles. The second-order valence-electron chi connectivity index (χ2n) is 4.16. The Hall–Kier alpha value is -1.60. The van der Waals surface area contributed by atoms with Crippen molar-refractivity contribution in [1.82, 2.24) is 4.90 Å². The van der Waals surface area contributed by atoms with Crippen molar-refractivity contribution in [3.05, 3.63) is 35.9 Å². The van der Waals surface area contributed by atoms with Crippen LogP contribution in [0.3, 0.4) is 0 Å². The second-order valence-corrected chi connectivity index (χ2v) is 4.95. The fraction of sp³-hybridized carbons (Fsp3) is 0.400. The van der Waals surface area contributed by atoms with E-state index in [0.29, 0.717) is 18.2 Å². The molecule has 0 bridgehead atoms. The molecule has 1 amide bonds. The first-order chi connectivity index (χ1) is 10.4. The summed E-state index contributed by atoms with van der Waals surface area (Å²) in [4.78, 5) is 22.8. The summed E-state index contributed by atoms with van der Waals surface area (Å²) in [6.07, 6.45) is 0.353. The number of thiol groups is 1. The molecule has 0 saturated carbocycles. The third kappa shape index (κ3) is 9.36. The number of carbonyl (C=O) groups excluding carboxylic acids is 2. The van der Waals surface area contributed by atoms with Crippen molar-refractivity contribution in [3.63, 3.8) is 0 Å². The maximum Gasteiger partial charge on any atom is 0.273 e. The van der Waals surface area contributed by atoms with Crippen molar-refractivity contribution in [1.29, 1.82) is 0 Å². The zero-order chi connectivity index (χ0) is 17.0. The topological polar surface area (TPSA) is 72.6 Å². The highest BCUT2D eigenvalue weighted by Crippen LogP contribution is 2.04. The Morgan fingerprint density at radius 1 is 1.23 bits per heavy atom. The van der Waals surface area contributed by atoms with E-state index in [1.165, 1.54) is 0 Å². The van der Waals surface area contributed by atoms with Gasteiger partial charge in [0.2, 0.25) is 0 Å². The first-order valence-corrected chi connectivity index (χ1v) is 7.76. The van der Waals surface area contributed by atoms with Crippen LogP contribution in [0.5, 0.6) is 0 Å². The molecule has 0 spiro atoms. The lowest BCUT2D eigenvalue weighted by Gasteiger charge is -2.21. The van der Waals surface area contributed by atoms with E-state index in [4.69, 9.17) is 21.7 Å². The number of carbonyl (C=O) groups is 2. The smallest absolute Gasteiger partial charge is 0.273 e. The zero-order valence-electron chi connectivity index (χ0n) is 12.8. The van der Waals surface area contributed by atoms with Gasteiger partial charge in [0.15, 0.2) is 5.78 Å². The molecule has 1 aromatic rings. The molecule has 1 rings (SSSR count). The van der Waals surface area contributed by atoms with Gasteiger partial charge in [0.05, 0.1) is 6.61 Å². The summed E-state index contributed by atoms with van der Waals surface area (Å²) in [7, 11) is 0. The maximum absolute atomic E-state index is 11.8. The van der Waals surface area contributed by atoms with Crippen molar-refractivity contribution in [2.75, 3.05) is 19.7 Å². The van der Waals surface area contributed by atoms with E-state index in [1.807, 2.05) is 49.1 Å². The Kier molecular flexibility index (Phi) is 11.1. The number of benzene rings is 1. The van der Waals surface area contributed by atoms with Crippen molar-refractivity contribution in [3.8, 4) is 0 Å². The van der Waals surface area contributed by atoms with Crippen molar-refractivity contribution >= 4 is 41.0 Å². The van der Waals surface area contributed by atoms with E-state index in [0.717, 1.165) is 18.7 Å². The lowest BCUT2D eigenvalue weighted by Crippen LogP contribution is -2.31. The summed E-state index contributed by atoms with van der Waals surface area (Å²) in [6.45, 7) is 6.02. The number of ether oxygens (including phenoxy) is 1. The minimum Gasteiger partial charge on any atom is -0.470 e. The number of nitrogens with two attached hydrogens (primary N) is 1. The molecule has 0 aliphatic rings. The number of ketones is 1. The minimum absolute atomic E-state index is 0.0814. The highest BCUT2D eigenvalue weighted by molar-refractivity contribution is 7.96. The average molecular weight is 342 g/mol. The van der Waals surface area contributed by atoms with Crippen molar-refractivity contribution in [2.24, 2.45) is 5.73 Å². The first-order valence-electron chi connectivity index (χ1n) is 6.90. The summed E-state index contributed by atoms with van der Waals surface area (Å²) >= 11 is 8.24. The molecule has 0 aromatic heterocycles.